The van der Waals surface area contributed by atoms with Gasteiger partial charge in [0, 0.05) is 5.92 Å². The van der Waals surface area contributed by atoms with Crippen molar-refractivity contribution in [1.29, 1.82) is 0 Å². The third-order valence-electron chi connectivity index (χ3n) is 3.52. The Labute approximate surface area is 101 Å². The molecule has 3 rings (SSSR count). The van der Waals surface area contributed by atoms with Crippen LogP contribution in [0.15, 0.2) is 0 Å². The summed E-state index contributed by atoms with van der Waals surface area (Å²) in [5.41, 5.74) is -0.219. The molecule has 0 saturated heterocycles. The molecule has 2 atom stereocenters. The van der Waals surface area contributed by atoms with Crippen molar-refractivity contribution in [2.24, 2.45) is 11.3 Å². The molecular weight excluding hydrogens is 240 g/mol. The van der Waals surface area contributed by atoms with Gasteiger partial charge in [-0.3, -0.25) is 4.79 Å². The lowest BCUT2D eigenvalue weighted by Gasteiger charge is -1.96. The average Bonchev–Trinajstić information content (AvgIpc) is 2.59. The first-order valence-corrected chi connectivity index (χ1v) is 6.16. The predicted molar refractivity (Wildman–Crippen MR) is 61.0 cm³/mol. The fraction of sp³-hybridized carbons (Fsp3) is 0.600. The van der Waals surface area contributed by atoms with E-state index < -0.39 is 5.97 Å². The van der Waals surface area contributed by atoms with Gasteiger partial charge in [-0.25, -0.2) is 0 Å². The Balaban J connectivity index is 2.03. The Morgan fingerprint density at radius 3 is 2.71 bits per heavy atom. The number of aliphatic carboxylic acids is 1. The largest absolute Gasteiger partial charge is 0.481 e. The molecule has 1 fully saturated rings. The highest BCUT2D eigenvalue weighted by Gasteiger charge is 2.64. The third-order valence-corrected chi connectivity index (χ3v) is 4.50. The van der Waals surface area contributed by atoms with Gasteiger partial charge >= 0.3 is 5.97 Å². The quantitative estimate of drug-likeness (QED) is 0.871. The molecule has 0 radical (unpaired) electrons. The van der Waals surface area contributed by atoms with Gasteiger partial charge in [-0.2, -0.15) is 9.61 Å². The Bertz CT molecular complexity index is 615. The lowest BCUT2D eigenvalue weighted by atomic mass is 10.1. The Hall–Kier alpha value is -1.50. The van der Waals surface area contributed by atoms with E-state index in [0.717, 1.165) is 15.8 Å². The molecule has 2 aromatic heterocycles. The van der Waals surface area contributed by atoms with Crippen molar-refractivity contribution in [2.45, 2.75) is 26.7 Å². The smallest absolute Gasteiger partial charge is 0.307 e. The molecule has 17 heavy (non-hydrogen) atoms. The van der Waals surface area contributed by atoms with E-state index >= 15 is 0 Å². The molecule has 1 aliphatic carbocycles. The fourth-order valence-electron chi connectivity index (χ4n) is 2.41. The molecule has 90 valence electrons. The first kappa shape index (κ1) is 10.6. The normalized spacial score (nSPS) is 26.3. The molecule has 0 aromatic carbocycles. The van der Waals surface area contributed by atoms with Crippen LogP contribution >= 0.6 is 11.3 Å². The summed E-state index contributed by atoms with van der Waals surface area (Å²) in [6.45, 7) is 5.76. The van der Waals surface area contributed by atoms with Crippen molar-refractivity contribution in [3.05, 3.63) is 10.8 Å². The fourth-order valence-corrected chi connectivity index (χ4v) is 3.63. The van der Waals surface area contributed by atoms with Crippen molar-refractivity contribution in [2.75, 3.05) is 0 Å². The highest BCUT2D eigenvalue weighted by Crippen LogP contribution is 2.64. The predicted octanol–water partition coefficient (Wildman–Crippen LogP) is 1.32. The zero-order valence-electron chi connectivity index (χ0n) is 9.71. The minimum atomic E-state index is -0.748. The van der Waals surface area contributed by atoms with E-state index in [1.54, 1.807) is 4.52 Å². The summed E-state index contributed by atoms with van der Waals surface area (Å²) in [7, 11) is 0. The second-order valence-corrected chi connectivity index (χ2v) is 5.98. The van der Waals surface area contributed by atoms with Crippen molar-refractivity contribution in [3.63, 3.8) is 0 Å². The standard InChI is InChI=1S/C10H12N4O2S/c1-4-11-12-9-14(4)13-7(17-9)5-6(8(15)16)10(5,2)3/h5-6H,1-3H3,(H,15,16). The summed E-state index contributed by atoms with van der Waals surface area (Å²) in [6.07, 6.45) is 0. The molecule has 0 aliphatic heterocycles. The van der Waals surface area contributed by atoms with Crippen LogP contribution in [0.1, 0.15) is 30.6 Å². The van der Waals surface area contributed by atoms with Gasteiger partial charge in [-0.05, 0) is 12.3 Å². The van der Waals surface area contributed by atoms with Crippen molar-refractivity contribution >= 4 is 22.3 Å². The van der Waals surface area contributed by atoms with Gasteiger partial charge in [0.2, 0.25) is 4.96 Å². The van der Waals surface area contributed by atoms with Gasteiger partial charge in [-0.1, -0.05) is 25.2 Å². The van der Waals surface area contributed by atoms with E-state index in [2.05, 4.69) is 15.3 Å². The number of carboxylic acids is 1. The topological polar surface area (TPSA) is 80.4 Å². The number of hydrogen-bond donors (Lipinski definition) is 1. The van der Waals surface area contributed by atoms with E-state index in [0.29, 0.717) is 0 Å². The van der Waals surface area contributed by atoms with Crippen LogP contribution in [0.5, 0.6) is 0 Å². The van der Waals surface area contributed by atoms with Crippen LogP contribution in [-0.4, -0.2) is 30.9 Å². The maximum absolute atomic E-state index is 11.1. The van der Waals surface area contributed by atoms with Crippen LogP contribution < -0.4 is 0 Å². The molecule has 0 amide bonds. The van der Waals surface area contributed by atoms with Crippen LogP contribution in [-0.2, 0) is 4.79 Å². The Kier molecular flexibility index (Phi) is 1.90. The van der Waals surface area contributed by atoms with Gasteiger partial charge < -0.3 is 5.11 Å². The summed E-state index contributed by atoms with van der Waals surface area (Å²) < 4.78 is 1.67. The van der Waals surface area contributed by atoms with Crippen LogP contribution in [0.2, 0.25) is 0 Å². The Morgan fingerprint density at radius 2 is 2.18 bits per heavy atom. The lowest BCUT2D eigenvalue weighted by Crippen LogP contribution is -2.03. The van der Waals surface area contributed by atoms with Gasteiger partial charge in [0.15, 0.2) is 5.82 Å². The van der Waals surface area contributed by atoms with Crippen LogP contribution in [0.3, 0.4) is 0 Å². The molecule has 1 aliphatic rings. The SMILES string of the molecule is Cc1nnc2sc(C3C(C(=O)O)C3(C)C)nn12. The molecule has 1 N–H and O–H groups in total. The summed E-state index contributed by atoms with van der Waals surface area (Å²) in [6, 6.07) is 0. The average molecular weight is 252 g/mol. The summed E-state index contributed by atoms with van der Waals surface area (Å²) in [4.78, 5) is 11.8. The van der Waals surface area contributed by atoms with Crippen LogP contribution in [0.25, 0.3) is 4.96 Å². The number of nitrogens with zero attached hydrogens (tertiary/aromatic N) is 4. The van der Waals surface area contributed by atoms with Crippen molar-refractivity contribution in [3.8, 4) is 0 Å². The zero-order chi connectivity index (χ0) is 12.4. The summed E-state index contributed by atoms with van der Waals surface area (Å²) >= 11 is 1.43. The molecule has 2 unspecified atom stereocenters. The number of rotatable bonds is 2. The molecule has 0 bridgehead atoms. The first-order chi connectivity index (χ1) is 7.93. The third kappa shape index (κ3) is 1.32. The van der Waals surface area contributed by atoms with E-state index in [-0.39, 0.29) is 17.3 Å². The van der Waals surface area contributed by atoms with Crippen molar-refractivity contribution < 1.29 is 9.90 Å². The lowest BCUT2D eigenvalue weighted by molar-refractivity contribution is -0.139. The zero-order valence-corrected chi connectivity index (χ0v) is 10.5. The number of carboxylic acid groups (broad SMARTS) is 1. The minimum absolute atomic E-state index is 0.00824. The number of carbonyl (C=O) groups is 1. The number of aromatic nitrogens is 4. The Morgan fingerprint density at radius 1 is 1.47 bits per heavy atom. The molecule has 7 heteroatoms. The number of fused-ring (bicyclic) bond motifs is 1. The number of hydrogen-bond acceptors (Lipinski definition) is 5. The second-order valence-electron chi connectivity index (χ2n) is 5.00. The second kappa shape index (κ2) is 3.04. The van der Waals surface area contributed by atoms with Gasteiger partial charge in [0.1, 0.15) is 5.01 Å². The van der Waals surface area contributed by atoms with Gasteiger partial charge in [0.05, 0.1) is 5.92 Å². The highest BCUT2D eigenvalue weighted by molar-refractivity contribution is 7.16. The van der Waals surface area contributed by atoms with Crippen LogP contribution in [0, 0.1) is 18.3 Å². The molecule has 2 heterocycles. The van der Waals surface area contributed by atoms with E-state index in [1.165, 1.54) is 11.3 Å². The molecule has 2 aromatic rings. The molecule has 1 saturated carbocycles. The molecule has 6 nitrogen and oxygen atoms in total. The van der Waals surface area contributed by atoms with Crippen LogP contribution in [0.4, 0.5) is 0 Å². The van der Waals surface area contributed by atoms with E-state index in [4.69, 9.17) is 5.11 Å². The maximum atomic E-state index is 11.1. The first-order valence-electron chi connectivity index (χ1n) is 5.34. The number of aryl methyl sites for hydroxylation is 1. The molecular formula is C10H12N4O2S. The van der Waals surface area contributed by atoms with Gasteiger partial charge in [-0.15, -0.1) is 10.2 Å². The molecule has 0 spiro atoms. The monoisotopic (exact) mass is 252 g/mol. The summed E-state index contributed by atoms with van der Waals surface area (Å²) in [5.74, 6) is -0.367. The van der Waals surface area contributed by atoms with Gasteiger partial charge in [0.25, 0.3) is 0 Å². The minimum Gasteiger partial charge on any atom is -0.481 e. The van der Waals surface area contributed by atoms with E-state index in [1.807, 2.05) is 20.8 Å². The summed E-state index contributed by atoms with van der Waals surface area (Å²) in [5, 5.41) is 22.3. The maximum Gasteiger partial charge on any atom is 0.307 e. The highest BCUT2D eigenvalue weighted by atomic mass is 32.1. The van der Waals surface area contributed by atoms with Crippen molar-refractivity contribution in [1.82, 2.24) is 19.8 Å². The van der Waals surface area contributed by atoms with E-state index in [9.17, 15) is 4.79 Å².